The molecule has 0 bridgehead atoms. The number of hydrogen-bond acceptors (Lipinski definition) is 5. The number of pyridine rings is 1. The van der Waals surface area contributed by atoms with Gasteiger partial charge >= 0.3 is 0 Å². The van der Waals surface area contributed by atoms with E-state index in [1.807, 2.05) is 44.3 Å². The largest absolute Gasteiger partial charge is 0.473 e. The molecular formula is C21H23N5O2. The van der Waals surface area contributed by atoms with Crippen molar-refractivity contribution < 1.29 is 9.84 Å². The fraction of sp³-hybridized carbons (Fsp3) is 0.286. The van der Waals surface area contributed by atoms with Gasteiger partial charge < -0.3 is 14.8 Å². The molecule has 1 aliphatic carbocycles. The number of nitrogens with one attached hydrogen (secondary N) is 2. The van der Waals surface area contributed by atoms with Gasteiger partial charge in [0.15, 0.2) is 5.69 Å². The summed E-state index contributed by atoms with van der Waals surface area (Å²) in [6, 6.07) is 5.70. The minimum absolute atomic E-state index is 0.106. The standard InChI is InChI=1S/C21H23N5O2/c1-4-14-11-15(18(22)17-12(2)13(3)23-19(14)17)24-20-16-7-5-6-8-26(16)25-21(20)28-10-9-27/h5-8,11,22-23,27H,4,9-10H2,1-3H3. The topological polar surface area (TPSA) is 98.8 Å². The van der Waals surface area contributed by atoms with Gasteiger partial charge in [-0.2, -0.15) is 0 Å². The fourth-order valence-electron chi connectivity index (χ4n) is 3.51. The molecule has 0 saturated heterocycles. The highest BCUT2D eigenvalue weighted by atomic mass is 16.5. The second-order valence-electron chi connectivity index (χ2n) is 6.78. The summed E-state index contributed by atoms with van der Waals surface area (Å²) < 4.78 is 7.31. The molecule has 0 unspecified atom stereocenters. The number of aromatic nitrogens is 3. The van der Waals surface area contributed by atoms with Crippen LogP contribution in [0.15, 0.2) is 35.5 Å². The van der Waals surface area contributed by atoms with E-state index in [4.69, 9.17) is 20.2 Å². The van der Waals surface area contributed by atoms with E-state index in [-0.39, 0.29) is 13.2 Å². The van der Waals surface area contributed by atoms with E-state index in [1.165, 1.54) is 0 Å². The van der Waals surface area contributed by atoms with Gasteiger partial charge in [0.1, 0.15) is 6.61 Å². The highest BCUT2D eigenvalue weighted by Crippen LogP contribution is 2.35. The van der Waals surface area contributed by atoms with Crippen molar-refractivity contribution in [1.29, 1.82) is 5.41 Å². The van der Waals surface area contributed by atoms with Gasteiger partial charge in [0.05, 0.1) is 29.2 Å². The van der Waals surface area contributed by atoms with E-state index >= 15 is 0 Å². The van der Waals surface area contributed by atoms with Crippen molar-refractivity contribution in [1.82, 2.24) is 14.6 Å². The minimum Gasteiger partial charge on any atom is -0.473 e. The summed E-state index contributed by atoms with van der Waals surface area (Å²) in [5, 5.41) is 22.3. The molecule has 3 N–H and O–H groups in total. The number of hydrogen-bond donors (Lipinski definition) is 3. The third-order valence-corrected chi connectivity index (χ3v) is 5.06. The number of H-pyrrole nitrogens is 1. The summed E-state index contributed by atoms with van der Waals surface area (Å²) >= 11 is 0. The van der Waals surface area contributed by atoms with Crippen molar-refractivity contribution in [2.24, 2.45) is 4.99 Å². The van der Waals surface area contributed by atoms with Gasteiger partial charge in [0.25, 0.3) is 5.88 Å². The fourth-order valence-corrected chi connectivity index (χ4v) is 3.51. The van der Waals surface area contributed by atoms with Crippen LogP contribution in [0.25, 0.3) is 11.1 Å². The molecule has 0 amide bonds. The van der Waals surface area contributed by atoms with E-state index in [1.54, 1.807) is 4.52 Å². The Balaban J connectivity index is 1.89. The normalized spacial score (nSPS) is 15.2. The summed E-state index contributed by atoms with van der Waals surface area (Å²) in [5.74, 6) is 0.347. The van der Waals surface area contributed by atoms with E-state index in [0.29, 0.717) is 23.0 Å². The number of rotatable bonds is 5. The highest BCUT2D eigenvalue weighted by molar-refractivity contribution is 6.54. The number of aliphatic imine (C=N–C) groups is 1. The van der Waals surface area contributed by atoms with Crippen LogP contribution in [0.1, 0.15) is 35.9 Å². The molecule has 0 saturated carbocycles. The first kappa shape index (κ1) is 18.2. The molecule has 4 rings (SSSR count). The van der Waals surface area contributed by atoms with Crippen LogP contribution in [0, 0.1) is 19.3 Å². The molecule has 0 aliphatic heterocycles. The van der Waals surface area contributed by atoms with Gasteiger partial charge in [-0.05, 0) is 49.6 Å². The zero-order valence-electron chi connectivity index (χ0n) is 16.2. The Hall–Kier alpha value is -3.19. The Morgan fingerprint density at radius 3 is 2.89 bits per heavy atom. The van der Waals surface area contributed by atoms with Gasteiger partial charge in [-0.25, -0.2) is 9.51 Å². The van der Waals surface area contributed by atoms with Crippen molar-refractivity contribution in [2.75, 3.05) is 13.2 Å². The summed E-state index contributed by atoms with van der Waals surface area (Å²) in [7, 11) is 0. The SMILES string of the molecule is CCC1=CC(=Nc2c(OCCO)nn3ccccc23)C(=N)c2c1[nH]c(C)c2C. The lowest BCUT2D eigenvalue weighted by Gasteiger charge is -2.16. The molecule has 7 nitrogen and oxygen atoms in total. The second kappa shape index (κ2) is 7.09. The van der Waals surface area contributed by atoms with Crippen molar-refractivity contribution in [3.8, 4) is 5.88 Å². The van der Waals surface area contributed by atoms with E-state index in [2.05, 4.69) is 17.0 Å². The maximum absolute atomic E-state index is 9.12. The molecule has 7 heteroatoms. The Bertz CT molecular complexity index is 1130. The lowest BCUT2D eigenvalue weighted by atomic mass is 9.90. The highest BCUT2D eigenvalue weighted by Gasteiger charge is 2.26. The first-order valence-electron chi connectivity index (χ1n) is 9.34. The maximum Gasteiger partial charge on any atom is 0.260 e. The van der Waals surface area contributed by atoms with Crippen LogP contribution < -0.4 is 4.74 Å². The summed E-state index contributed by atoms with van der Waals surface area (Å²) in [6.07, 6.45) is 4.62. The number of ether oxygens (including phenoxy) is 1. The van der Waals surface area contributed by atoms with Crippen LogP contribution in [0.3, 0.4) is 0 Å². The number of aromatic amines is 1. The first-order valence-corrected chi connectivity index (χ1v) is 9.34. The van der Waals surface area contributed by atoms with Gasteiger partial charge in [-0.3, -0.25) is 5.41 Å². The molecule has 28 heavy (non-hydrogen) atoms. The first-order chi connectivity index (χ1) is 13.5. The Morgan fingerprint density at radius 2 is 2.14 bits per heavy atom. The van der Waals surface area contributed by atoms with Gasteiger partial charge in [0.2, 0.25) is 0 Å². The number of allylic oxidation sites excluding steroid dienone is 2. The number of aliphatic hydroxyl groups is 1. The Morgan fingerprint density at radius 1 is 1.32 bits per heavy atom. The molecule has 1 aliphatic rings. The number of fused-ring (bicyclic) bond motifs is 2. The molecule has 3 aromatic rings. The van der Waals surface area contributed by atoms with Crippen molar-refractivity contribution in [3.05, 3.63) is 53.0 Å². The van der Waals surface area contributed by atoms with E-state index in [9.17, 15) is 0 Å². The summed E-state index contributed by atoms with van der Waals surface area (Å²) in [4.78, 5) is 8.21. The van der Waals surface area contributed by atoms with Crippen LogP contribution in [0.4, 0.5) is 5.69 Å². The van der Waals surface area contributed by atoms with Gasteiger partial charge in [0, 0.05) is 17.5 Å². The monoisotopic (exact) mass is 377 g/mol. The average Bonchev–Trinajstić information content (AvgIpc) is 3.20. The number of aryl methyl sites for hydroxylation is 1. The average molecular weight is 377 g/mol. The molecule has 0 atom stereocenters. The summed E-state index contributed by atoms with van der Waals surface area (Å²) in [5.41, 5.74) is 7.50. The quantitative estimate of drug-likeness (QED) is 0.633. The molecule has 3 heterocycles. The van der Waals surface area contributed by atoms with Crippen LogP contribution in [-0.4, -0.2) is 44.3 Å². The molecule has 3 aromatic heterocycles. The lowest BCUT2D eigenvalue weighted by Crippen LogP contribution is -2.19. The van der Waals surface area contributed by atoms with Crippen LogP contribution in [0.5, 0.6) is 5.88 Å². The van der Waals surface area contributed by atoms with Crippen LogP contribution in [0.2, 0.25) is 0 Å². The molecule has 144 valence electrons. The van der Waals surface area contributed by atoms with Gasteiger partial charge in [-0.1, -0.05) is 13.0 Å². The lowest BCUT2D eigenvalue weighted by molar-refractivity contribution is 0.197. The number of aliphatic hydroxyl groups excluding tert-OH is 1. The minimum atomic E-state index is -0.106. The van der Waals surface area contributed by atoms with Gasteiger partial charge in [-0.15, -0.1) is 5.10 Å². The molecule has 0 radical (unpaired) electrons. The van der Waals surface area contributed by atoms with Crippen molar-refractivity contribution in [2.45, 2.75) is 27.2 Å². The smallest absolute Gasteiger partial charge is 0.260 e. The molecule has 0 fully saturated rings. The molecule has 0 spiro atoms. The second-order valence-corrected chi connectivity index (χ2v) is 6.78. The third-order valence-electron chi connectivity index (χ3n) is 5.06. The zero-order valence-corrected chi connectivity index (χ0v) is 16.2. The zero-order chi connectivity index (χ0) is 19.8. The predicted octanol–water partition coefficient (Wildman–Crippen LogP) is 3.60. The predicted molar refractivity (Wildman–Crippen MR) is 110 cm³/mol. The third kappa shape index (κ3) is 2.84. The van der Waals surface area contributed by atoms with Crippen molar-refractivity contribution >= 4 is 28.2 Å². The summed E-state index contributed by atoms with van der Waals surface area (Å²) in [6.45, 7) is 6.18. The Kier molecular flexibility index (Phi) is 4.60. The van der Waals surface area contributed by atoms with E-state index < -0.39 is 0 Å². The number of nitrogens with zero attached hydrogens (tertiary/aromatic N) is 3. The molecule has 0 aromatic carbocycles. The molecular weight excluding hydrogens is 354 g/mol. The van der Waals surface area contributed by atoms with Crippen LogP contribution >= 0.6 is 0 Å². The Labute approximate surface area is 162 Å². The van der Waals surface area contributed by atoms with Crippen molar-refractivity contribution in [3.63, 3.8) is 0 Å². The van der Waals surface area contributed by atoms with E-state index in [0.717, 1.165) is 40.0 Å². The maximum atomic E-state index is 9.12. The van der Waals surface area contributed by atoms with Crippen LogP contribution in [-0.2, 0) is 0 Å².